The predicted octanol–water partition coefficient (Wildman–Crippen LogP) is 2.71. The summed E-state index contributed by atoms with van der Waals surface area (Å²) in [5.74, 6) is 0. The van der Waals surface area contributed by atoms with Crippen LogP contribution in [0.4, 0.5) is 5.69 Å². The van der Waals surface area contributed by atoms with Crippen molar-refractivity contribution in [1.82, 2.24) is 5.32 Å². The molecule has 2 unspecified atom stereocenters. The Hall–Kier alpha value is -1.06. The van der Waals surface area contributed by atoms with Gasteiger partial charge in [0.15, 0.2) is 0 Å². The molecule has 1 saturated heterocycles. The van der Waals surface area contributed by atoms with Crippen molar-refractivity contribution in [3.63, 3.8) is 0 Å². The van der Waals surface area contributed by atoms with Gasteiger partial charge < -0.3 is 15.3 Å². The van der Waals surface area contributed by atoms with Crippen molar-refractivity contribution in [2.24, 2.45) is 0 Å². The topological polar surface area (TPSA) is 35.5 Å². The lowest BCUT2D eigenvalue weighted by molar-refractivity contribution is 0.0839. The molecule has 3 heteroatoms. The van der Waals surface area contributed by atoms with Crippen LogP contribution < -0.4 is 10.2 Å². The molecule has 0 spiro atoms. The number of rotatable bonds is 5. The molecule has 2 atom stereocenters. The molecule has 1 aliphatic rings. The monoisotopic (exact) mass is 262 g/mol. The summed E-state index contributed by atoms with van der Waals surface area (Å²) in [4.78, 5) is 2.31. The SMILES string of the molecule is CCCNC(C)c1ccccc1N1CCC(C)(O)C1. The first kappa shape index (κ1) is 14.4. The number of β-amino-alcohol motifs (C(OH)–C–C–N with tert-alkyl or cyclic N) is 1. The lowest BCUT2D eigenvalue weighted by Gasteiger charge is -2.26. The van der Waals surface area contributed by atoms with Gasteiger partial charge in [0.1, 0.15) is 0 Å². The number of nitrogens with one attached hydrogen (secondary N) is 1. The first-order chi connectivity index (χ1) is 9.03. The number of para-hydroxylation sites is 1. The van der Waals surface area contributed by atoms with Gasteiger partial charge in [-0.15, -0.1) is 0 Å². The van der Waals surface area contributed by atoms with Crippen LogP contribution in [0.3, 0.4) is 0 Å². The van der Waals surface area contributed by atoms with Gasteiger partial charge in [-0.05, 0) is 44.9 Å². The first-order valence-corrected chi connectivity index (χ1v) is 7.33. The Morgan fingerprint density at radius 1 is 1.42 bits per heavy atom. The fourth-order valence-corrected chi connectivity index (χ4v) is 2.76. The Bertz CT molecular complexity index is 417. The van der Waals surface area contributed by atoms with Gasteiger partial charge in [-0.2, -0.15) is 0 Å². The molecule has 2 N–H and O–H groups in total. The second kappa shape index (κ2) is 5.93. The minimum Gasteiger partial charge on any atom is -0.388 e. The summed E-state index contributed by atoms with van der Waals surface area (Å²) in [5, 5.41) is 13.7. The van der Waals surface area contributed by atoms with Crippen LogP contribution in [-0.2, 0) is 0 Å². The maximum Gasteiger partial charge on any atom is 0.0810 e. The molecule has 1 fully saturated rings. The summed E-state index contributed by atoms with van der Waals surface area (Å²) in [6.45, 7) is 9.02. The van der Waals surface area contributed by atoms with E-state index < -0.39 is 5.60 Å². The van der Waals surface area contributed by atoms with E-state index in [1.54, 1.807) is 0 Å². The van der Waals surface area contributed by atoms with Crippen molar-refractivity contribution in [2.75, 3.05) is 24.5 Å². The number of benzene rings is 1. The summed E-state index contributed by atoms with van der Waals surface area (Å²) in [7, 11) is 0. The fourth-order valence-electron chi connectivity index (χ4n) is 2.76. The third kappa shape index (κ3) is 3.48. The average molecular weight is 262 g/mol. The van der Waals surface area contributed by atoms with Crippen molar-refractivity contribution in [3.8, 4) is 0 Å². The highest BCUT2D eigenvalue weighted by Gasteiger charge is 2.32. The zero-order chi connectivity index (χ0) is 13.9. The lowest BCUT2D eigenvalue weighted by atomic mass is 10.0. The van der Waals surface area contributed by atoms with E-state index in [1.807, 2.05) is 6.92 Å². The molecule has 0 aromatic heterocycles. The predicted molar refractivity (Wildman–Crippen MR) is 80.6 cm³/mol. The molecule has 0 saturated carbocycles. The molecule has 1 aromatic carbocycles. The van der Waals surface area contributed by atoms with Gasteiger partial charge in [0.2, 0.25) is 0 Å². The molecule has 1 aromatic rings. The molecule has 106 valence electrons. The van der Waals surface area contributed by atoms with E-state index in [2.05, 4.69) is 48.3 Å². The molecule has 1 heterocycles. The first-order valence-electron chi connectivity index (χ1n) is 7.33. The average Bonchev–Trinajstić information content (AvgIpc) is 2.76. The van der Waals surface area contributed by atoms with Gasteiger partial charge in [-0.1, -0.05) is 25.1 Å². The highest BCUT2D eigenvalue weighted by atomic mass is 16.3. The van der Waals surface area contributed by atoms with Crippen LogP contribution in [0.5, 0.6) is 0 Å². The Kier molecular flexibility index (Phi) is 4.48. The van der Waals surface area contributed by atoms with E-state index in [-0.39, 0.29) is 0 Å². The minimum absolute atomic E-state index is 0.349. The van der Waals surface area contributed by atoms with Crippen LogP contribution in [0.2, 0.25) is 0 Å². The third-order valence-corrected chi connectivity index (χ3v) is 3.90. The molecule has 1 aliphatic heterocycles. The van der Waals surface area contributed by atoms with Crippen molar-refractivity contribution >= 4 is 5.69 Å². The molecular weight excluding hydrogens is 236 g/mol. The Morgan fingerprint density at radius 3 is 2.79 bits per heavy atom. The molecule has 0 aliphatic carbocycles. The zero-order valence-electron chi connectivity index (χ0n) is 12.3. The van der Waals surface area contributed by atoms with Crippen LogP contribution in [0.25, 0.3) is 0 Å². The number of nitrogens with zero attached hydrogens (tertiary/aromatic N) is 1. The van der Waals surface area contributed by atoms with Crippen molar-refractivity contribution in [2.45, 2.75) is 45.3 Å². The van der Waals surface area contributed by atoms with Gasteiger partial charge in [-0.3, -0.25) is 0 Å². The van der Waals surface area contributed by atoms with E-state index >= 15 is 0 Å². The summed E-state index contributed by atoms with van der Waals surface area (Å²) in [5.41, 5.74) is 2.04. The standard InChI is InChI=1S/C16H26N2O/c1-4-10-17-13(2)14-7-5-6-8-15(14)18-11-9-16(3,19)12-18/h5-8,13,17,19H,4,9-12H2,1-3H3. The highest BCUT2D eigenvalue weighted by Crippen LogP contribution is 2.31. The molecule has 0 amide bonds. The second-order valence-corrected chi connectivity index (χ2v) is 5.90. The van der Waals surface area contributed by atoms with Crippen LogP contribution >= 0.6 is 0 Å². The maximum atomic E-state index is 10.1. The van der Waals surface area contributed by atoms with E-state index in [0.717, 1.165) is 32.5 Å². The van der Waals surface area contributed by atoms with E-state index in [9.17, 15) is 5.11 Å². The molecular formula is C16H26N2O. The summed E-state index contributed by atoms with van der Waals surface area (Å²) in [6, 6.07) is 8.88. The summed E-state index contributed by atoms with van der Waals surface area (Å²) < 4.78 is 0. The third-order valence-electron chi connectivity index (χ3n) is 3.90. The van der Waals surface area contributed by atoms with E-state index in [4.69, 9.17) is 0 Å². The Morgan fingerprint density at radius 2 is 2.16 bits per heavy atom. The van der Waals surface area contributed by atoms with Crippen molar-refractivity contribution in [3.05, 3.63) is 29.8 Å². The van der Waals surface area contributed by atoms with Crippen LogP contribution in [0.1, 0.15) is 45.2 Å². The molecule has 19 heavy (non-hydrogen) atoms. The van der Waals surface area contributed by atoms with E-state index in [1.165, 1.54) is 11.3 Å². The van der Waals surface area contributed by atoms with E-state index in [0.29, 0.717) is 6.04 Å². The maximum absolute atomic E-state index is 10.1. The highest BCUT2D eigenvalue weighted by molar-refractivity contribution is 5.56. The number of hydrogen-bond donors (Lipinski definition) is 2. The molecule has 0 radical (unpaired) electrons. The van der Waals surface area contributed by atoms with Crippen LogP contribution in [-0.4, -0.2) is 30.3 Å². The van der Waals surface area contributed by atoms with Gasteiger partial charge in [0, 0.05) is 24.8 Å². The summed E-state index contributed by atoms with van der Waals surface area (Å²) >= 11 is 0. The quantitative estimate of drug-likeness (QED) is 0.856. The van der Waals surface area contributed by atoms with Crippen LogP contribution in [0.15, 0.2) is 24.3 Å². The zero-order valence-corrected chi connectivity index (χ0v) is 12.3. The Labute approximate surface area is 116 Å². The largest absolute Gasteiger partial charge is 0.388 e. The van der Waals surface area contributed by atoms with Crippen molar-refractivity contribution in [1.29, 1.82) is 0 Å². The molecule has 3 nitrogen and oxygen atoms in total. The Balaban J connectivity index is 2.17. The van der Waals surface area contributed by atoms with Gasteiger partial charge >= 0.3 is 0 Å². The second-order valence-electron chi connectivity index (χ2n) is 5.90. The molecule has 2 rings (SSSR count). The van der Waals surface area contributed by atoms with Gasteiger partial charge in [0.25, 0.3) is 0 Å². The van der Waals surface area contributed by atoms with Gasteiger partial charge in [-0.25, -0.2) is 0 Å². The number of hydrogen-bond acceptors (Lipinski definition) is 3. The van der Waals surface area contributed by atoms with Gasteiger partial charge in [0.05, 0.1) is 5.60 Å². The molecule has 0 bridgehead atoms. The lowest BCUT2D eigenvalue weighted by Crippen LogP contribution is -2.31. The number of aliphatic hydroxyl groups is 1. The smallest absolute Gasteiger partial charge is 0.0810 e. The van der Waals surface area contributed by atoms with Crippen LogP contribution in [0, 0.1) is 0 Å². The minimum atomic E-state index is -0.548. The summed E-state index contributed by atoms with van der Waals surface area (Å²) in [6.07, 6.45) is 1.99. The fraction of sp³-hybridized carbons (Fsp3) is 0.625. The normalized spacial score (nSPS) is 24.7. The van der Waals surface area contributed by atoms with Crippen molar-refractivity contribution < 1.29 is 5.11 Å². The number of anilines is 1.